The van der Waals surface area contributed by atoms with E-state index in [4.69, 9.17) is 23.8 Å². The number of phenolic OH excluding ortho intramolecular Hbond substituents is 1. The number of thiocarbonyl (C=S) groups is 1. The number of halogens is 4. The average Bonchev–Trinajstić information content (AvgIpc) is 3.07. The summed E-state index contributed by atoms with van der Waals surface area (Å²) in [6.45, 7) is 0. The molecular weight excluding hydrogens is 507 g/mol. The van der Waals surface area contributed by atoms with Crippen molar-refractivity contribution >= 4 is 68.9 Å². The Hall–Kier alpha value is -3.21. The van der Waals surface area contributed by atoms with Crippen LogP contribution >= 0.6 is 35.6 Å². The van der Waals surface area contributed by atoms with E-state index < -0.39 is 17.6 Å². The molecule has 3 aromatic carbocycles. The minimum absolute atomic E-state index is 0.00670. The predicted octanol–water partition coefficient (Wildman–Crippen LogP) is 7.89. The molecule has 0 spiro atoms. The summed E-state index contributed by atoms with van der Waals surface area (Å²) in [5, 5.41) is 18.9. The molecule has 1 aliphatic rings. The van der Waals surface area contributed by atoms with Crippen molar-refractivity contribution in [3.05, 3.63) is 87.8 Å². The SMILES string of the molecule is O=C1/C(=C\c2cc(N=Nc3ccccc3Cl)ccc2O)SC(=S)N1c1cccc(C(F)(F)F)c1. The fourth-order valence-corrected chi connectivity index (χ4v) is 4.48. The van der Waals surface area contributed by atoms with Crippen molar-refractivity contribution in [2.24, 2.45) is 10.2 Å². The first kappa shape index (κ1) is 23.9. The standard InChI is InChI=1S/C23H13ClF3N3O2S2/c24-17-6-1-2-7-18(17)29-28-15-8-9-19(31)13(10-15)11-20-21(32)30(22(33)34-20)16-5-3-4-14(12-16)23(25,26)27/h1-12,31H/b20-11+,29-28?. The van der Waals surface area contributed by atoms with Gasteiger partial charge in [-0.05, 0) is 54.6 Å². The van der Waals surface area contributed by atoms with Crippen molar-refractivity contribution in [2.75, 3.05) is 4.90 Å². The Morgan fingerprint density at radius 2 is 1.79 bits per heavy atom. The molecule has 0 saturated carbocycles. The Morgan fingerprint density at radius 3 is 2.53 bits per heavy atom. The number of carbonyl (C=O) groups is 1. The molecule has 5 nitrogen and oxygen atoms in total. The Morgan fingerprint density at radius 1 is 1.03 bits per heavy atom. The van der Waals surface area contributed by atoms with Gasteiger partial charge in [0.15, 0.2) is 4.32 Å². The molecule has 1 saturated heterocycles. The number of carbonyl (C=O) groups excluding carboxylic acids is 1. The van der Waals surface area contributed by atoms with Gasteiger partial charge in [-0.2, -0.15) is 18.3 Å². The summed E-state index contributed by atoms with van der Waals surface area (Å²) < 4.78 is 39.3. The second-order valence-corrected chi connectivity index (χ2v) is 9.04. The van der Waals surface area contributed by atoms with Gasteiger partial charge < -0.3 is 5.11 Å². The lowest BCUT2D eigenvalue weighted by atomic mass is 10.1. The van der Waals surface area contributed by atoms with Crippen LogP contribution in [0.4, 0.5) is 30.2 Å². The number of benzene rings is 3. The molecule has 1 heterocycles. The van der Waals surface area contributed by atoms with E-state index in [2.05, 4.69) is 10.2 Å². The lowest BCUT2D eigenvalue weighted by molar-refractivity contribution is -0.137. The molecule has 0 atom stereocenters. The molecule has 34 heavy (non-hydrogen) atoms. The summed E-state index contributed by atoms with van der Waals surface area (Å²) in [7, 11) is 0. The van der Waals surface area contributed by atoms with Crippen LogP contribution in [-0.4, -0.2) is 15.3 Å². The van der Waals surface area contributed by atoms with Crippen molar-refractivity contribution in [1.29, 1.82) is 0 Å². The first-order valence-electron chi connectivity index (χ1n) is 9.58. The zero-order chi connectivity index (χ0) is 24.5. The number of amides is 1. The molecule has 3 aromatic rings. The van der Waals surface area contributed by atoms with Crippen LogP contribution in [0.3, 0.4) is 0 Å². The van der Waals surface area contributed by atoms with Crippen molar-refractivity contribution in [3.63, 3.8) is 0 Å². The van der Waals surface area contributed by atoms with Gasteiger partial charge in [-0.15, -0.1) is 5.11 Å². The molecule has 11 heteroatoms. The van der Waals surface area contributed by atoms with Crippen LogP contribution in [0.15, 0.2) is 81.9 Å². The number of nitrogens with zero attached hydrogens (tertiary/aromatic N) is 3. The van der Waals surface area contributed by atoms with Gasteiger partial charge in [0.05, 0.1) is 26.9 Å². The molecule has 1 amide bonds. The molecule has 0 aliphatic carbocycles. The van der Waals surface area contributed by atoms with Crippen LogP contribution in [0, 0.1) is 0 Å². The van der Waals surface area contributed by atoms with E-state index in [1.54, 1.807) is 24.3 Å². The number of hydrogen-bond donors (Lipinski definition) is 1. The highest BCUT2D eigenvalue weighted by Crippen LogP contribution is 2.39. The largest absolute Gasteiger partial charge is 0.507 e. The molecule has 4 rings (SSSR count). The smallest absolute Gasteiger partial charge is 0.416 e. The van der Waals surface area contributed by atoms with Crippen LogP contribution in [0.25, 0.3) is 6.08 Å². The third-order valence-corrected chi connectivity index (χ3v) is 6.27. The van der Waals surface area contributed by atoms with Crippen molar-refractivity contribution in [3.8, 4) is 5.75 Å². The number of aromatic hydroxyl groups is 1. The third-order valence-electron chi connectivity index (χ3n) is 4.65. The summed E-state index contributed by atoms with van der Waals surface area (Å²) in [6, 6.07) is 15.7. The van der Waals surface area contributed by atoms with E-state index in [0.717, 1.165) is 28.8 Å². The van der Waals surface area contributed by atoms with Gasteiger partial charge in [-0.25, -0.2) is 0 Å². The van der Waals surface area contributed by atoms with Crippen LogP contribution < -0.4 is 4.90 Å². The Bertz CT molecular complexity index is 1360. The molecule has 0 bridgehead atoms. The molecule has 1 aliphatic heterocycles. The summed E-state index contributed by atoms with van der Waals surface area (Å²) in [5.74, 6) is -0.724. The Labute approximate surface area is 206 Å². The number of hydrogen-bond acceptors (Lipinski definition) is 6. The maximum Gasteiger partial charge on any atom is 0.416 e. The topological polar surface area (TPSA) is 65.3 Å². The van der Waals surface area contributed by atoms with Gasteiger partial charge in [0.25, 0.3) is 5.91 Å². The molecule has 1 N–H and O–H groups in total. The van der Waals surface area contributed by atoms with E-state index >= 15 is 0 Å². The highest BCUT2D eigenvalue weighted by molar-refractivity contribution is 8.27. The Balaban J connectivity index is 1.63. The lowest BCUT2D eigenvalue weighted by Gasteiger charge is -2.16. The van der Waals surface area contributed by atoms with E-state index in [0.29, 0.717) is 16.4 Å². The predicted molar refractivity (Wildman–Crippen MR) is 131 cm³/mol. The summed E-state index contributed by atoms with van der Waals surface area (Å²) in [5.41, 5.74) is 0.225. The second-order valence-electron chi connectivity index (χ2n) is 6.96. The summed E-state index contributed by atoms with van der Waals surface area (Å²) in [4.78, 5) is 14.1. The highest BCUT2D eigenvalue weighted by atomic mass is 35.5. The Kier molecular flexibility index (Phi) is 6.74. The number of azo groups is 1. The van der Waals surface area contributed by atoms with E-state index in [1.807, 2.05) is 0 Å². The second kappa shape index (κ2) is 9.57. The van der Waals surface area contributed by atoms with Crippen LogP contribution in [-0.2, 0) is 11.0 Å². The zero-order valence-electron chi connectivity index (χ0n) is 17.0. The van der Waals surface area contributed by atoms with Crippen molar-refractivity contribution in [1.82, 2.24) is 0 Å². The molecule has 0 unspecified atom stereocenters. The minimum atomic E-state index is -4.56. The number of anilines is 1. The zero-order valence-corrected chi connectivity index (χ0v) is 19.3. The maximum absolute atomic E-state index is 13.1. The van der Waals surface area contributed by atoms with Crippen LogP contribution in [0.2, 0.25) is 5.02 Å². The minimum Gasteiger partial charge on any atom is -0.507 e. The number of thioether (sulfide) groups is 1. The van der Waals surface area contributed by atoms with Gasteiger partial charge in [0, 0.05) is 5.56 Å². The van der Waals surface area contributed by atoms with Gasteiger partial charge in [0.1, 0.15) is 11.4 Å². The van der Waals surface area contributed by atoms with Crippen LogP contribution in [0.5, 0.6) is 5.75 Å². The first-order chi connectivity index (χ1) is 16.1. The fraction of sp³-hybridized carbons (Fsp3) is 0.0435. The summed E-state index contributed by atoms with van der Waals surface area (Å²) in [6.07, 6.45) is -3.16. The monoisotopic (exact) mass is 519 g/mol. The molecule has 0 radical (unpaired) electrons. The average molecular weight is 520 g/mol. The van der Waals surface area contributed by atoms with E-state index in [-0.39, 0.29) is 26.2 Å². The third kappa shape index (κ3) is 5.14. The highest BCUT2D eigenvalue weighted by Gasteiger charge is 2.36. The maximum atomic E-state index is 13.1. The van der Waals surface area contributed by atoms with Gasteiger partial charge in [-0.1, -0.05) is 53.8 Å². The molecule has 172 valence electrons. The first-order valence-corrected chi connectivity index (χ1v) is 11.2. The van der Waals surface area contributed by atoms with Gasteiger partial charge >= 0.3 is 6.18 Å². The molecular formula is C23H13ClF3N3O2S2. The van der Waals surface area contributed by atoms with Crippen LogP contribution in [0.1, 0.15) is 11.1 Å². The van der Waals surface area contributed by atoms with E-state index in [9.17, 15) is 23.1 Å². The lowest BCUT2D eigenvalue weighted by Crippen LogP contribution is -2.27. The van der Waals surface area contributed by atoms with Gasteiger partial charge in [0.2, 0.25) is 0 Å². The van der Waals surface area contributed by atoms with Crippen molar-refractivity contribution in [2.45, 2.75) is 6.18 Å². The molecule has 1 fully saturated rings. The van der Waals surface area contributed by atoms with E-state index in [1.165, 1.54) is 36.4 Å². The number of phenols is 1. The van der Waals surface area contributed by atoms with Crippen molar-refractivity contribution < 1.29 is 23.1 Å². The number of rotatable bonds is 4. The molecule has 0 aromatic heterocycles. The number of alkyl halides is 3. The quantitative estimate of drug-likeness (QED) is 0.216. The normalized spacial score (nSPS) is 15.6. The summed E-state index contributed by atoms with van der Waals surface area (Å²) >= 11 is 12.2. The van der Waals surface area contributed by atoms with Gasteiger partial charge in [-0.3, -0.25) is 9.69 Å². The fourth-order valence-electron chi connectivity index (χ4n) is 3.02.